The number of hydrogen-bond donors (Lipinski definition) is 1. The van der Waals surface area contributed by atoms with E-state index in [0.717, 1.165) is 0 Å². The molecule has 0 amide bonds. The Labute approximate surface area is 77.1 Å². The van der Waals surface area contributed by atoms with Gasteiger partial charge in [0.2, 0.25) is 0 Å². The lowest BCUT2D eigenvalue weighted by atomic mass is 9.68. The van der Waals surface area contributed by atoms with Gasteiger partial charge in [0.25, 0.3) is 5.92 Å². The molecule has 2 aliphatic carbocycles. The second kappa shape index (κ2) is 2.55. The van der Waals surface area contributed by atoms with E-state index in [4.69, 9.17) is 5.73 Å². The van der Waals surface area contributed by atoms with Crippen molar-refractivity contribution in [3.8, 4) is 0 Å². The Kier molecular flexibility index (Phi) is 2.16. The molecule has 0 aromatic carbocycles. The van der Waals surface area contributed by atoms with Crippen LogP contribution in [0.2, 0.25) is 0 Å². The Balaban J connectivity index is 0.000000720. The van der Waals surface area contributed by atoms with E-state index in [9.17, 15) is 8.78 Å². The minimum atomic E-state index is -2.35. The van der Waals surface area contributed by atoms with E-state index in [0.29, 0.717) is 18.8 Å². The van der Waals surface area contributed by atoms with Gasteiger partial charge in [-0.25, -0.2) is 8.78 Å². The Morgan fingerprint density at radius 1 is 1.42 bits per heavy atom. The SMILES string of the molecule is CC(N)C1CC2(C1)CC2(F)F.Cl. The topological polar surface area (TPSA) is 26.0 Å². The van der Waals surface area contributed by atoms with Gasteiger partial charge in [-0.3, -0.25) is 0 Å². The van der Waals surface area contributed by atoms with Crippen LogP contribution in [0.15, 0.2) is 0 Å². The van der Waals surface area contributed by atoms with Gasteiger partial charge in [-0.1, -0.05) is 0 Å². The average molecular weight is 198 g/mol. The molecule has 1 nitrogen and oxygen atoms in total. The van der Waals surface area contributed by atoms with Crippen LogP contribution in [0.4, 0.5) is 8.78 Å². The maximum atomic E-state index is 12.6. The summed E-state index contributed by atoms with van der Waals surface area (Å²) >= 11 is 0. The quantitative estimate of drug-likeness (QED) is 0.685. The highest BCUT2D eigenvalue weighted by molar-refractivity contribution is 5.85. The summed E-state index contributed by atoms with van der Waals surface area (Å²) in [5.74, 6) is -2.00. The van der Waals surface area contributed by atoms with E-state index >= 15 is 0 Å². The zero-order valence-electron chi connectivity index (χ0n) is 7.02. The molecule has 1 atom stereocenters. The molecule has 0 heterocycles. The lowest BCUT2D eigenvalue weighted by Crippen LogP contribution is -2.40. The third kappa shape index (κ3) is 1.14. The van der Waals surface area contributed by atoms with Gasteiger partial charge in [0.05, 0.1) is 0 Å². The predicted octanol–water partition coefficient (Wildman–Crippen LogP) is 2.19. The summed E-state index contributed by atoms with van der Waals surface area (Å²) in [4.78, 5) is 0. The summed E-state index contributed by atoms with van der Waals surface area (Å²) < 4.78 is 25.3. The minimum Gasteiger partial charge on any atom is -0.328 e. The Morgan fingerprint density at radius 3 is 2.08 bits per heavy atom. The Bertz CT molecular complexity index is 187. The first-order chi connectivity index (χ1) is 4.97. The maximum absolute atomic E-state index is 12.6. The highest BCUT2D eigenvalue weighted by atomic mass is 35.5. The molecule has 2 fully saturated rings. The number of nitrogens with two attached hydrogens (primary N) is 1. The van der Waals surface area contributed by atoms with Crippen LogP contribution < -0.4 is 5.73 Å². The van der Waals surface area contributed by atoms with E-state index in [1.807, 2.05) is 6.92 Å². The van der Waals surface area contributed by atoms with Crippen molar-refractivity contribution in [2.75, 3.05) is 0 Å². The first-order valence-electron chi connectivity index (χ1n) is 4.10. The van der Waals surface area contributed by atoms with Crippen molar-refractivity contribution in [2.24, 2.45) is 17.1 Å². The molecule has 72 valence electrons. The first kappa shape index (κ1) is 10.2. The minimum absolute atomic E-state index is 0. The molecule has 1 spiro atoms. The van der Waals surface area contributed by atoms with Crippen molar-refractivity contribution >= 4 is 12.4 Å². The molecule has 2 aliphatic rings. The van der Waals surface area contributed by atoms with E-state index in [2.05, 4.69) is 0 Å². The monoisotopic (exact) mass is 197 g/mol. The van der Waals surface area contributed by atoms with Gasteiger partial charge < -0.3 is 5.73 Å². The molecule has 2 N–H and O–H groups in total. The van der Waals surface area contributed by atoms with Crippen molar-refractivity contribution < 1.29 is 8.78 Å². The van der Waals surface area contributed by atoms with Crippen molar-refractivity contribution in [3.05, 3.63) is 0 Å². The molecule has 2 rings (SSSR count). The van der Waals surface area contributed by atoms with Crippen LogP contribution in [0.5, 0.6) is 0 Å². The lowest BCUT2D eigenvalue weighted by molar-refractivity contribution is -0.00343. The van der Waals surface area contributed by atoms with Crippen molar-refractivity contribution in [1.82, 2.24) is 0 Å². The zero-order valence-corrected chi connectivity index (χ0v) is 7.83. The van der Waals surface area contributed by atoms with Gasteiger partial charge in [-0.15, -0.1) is 12.4 Å². The molecule has 0 radical (unpaired) electrons. The molecule has 4 heteroatoms. The zero-order chi connectivity index (χ0) is 8.28. The summed E-state index contributed by atoms with van der Waals surface area (Å²) in [5, 5.41) is 0. The van der Waals surface area contributed by atoms with Gasteiger partial charge in [0.1, 0.15) is 0 Å². The molecule has 0 aromatic rings. The fourth-order valence-corrected chi connectivity index (χ4v) is 2.14. The molecular weight excluding hydrogens is 184 g/mol. The summed E-state index contributed by atoms with van der Waals surface area (Å²) in [6.07, 6.45) is 1.42. The van der Waals surface area contributed by atoms with E-state index in [-0.39, 0.29) is 24.9 Å². The fraction of sp³-hybridized carbons (Fsp3) is 1.00. The predicted molar refractivity (Wildman–Crippen MR) is 45.6 cm³/mol. The smallest absolute Gasteiger partial charge is 0.254 e. The third-order valence-electron chi connectivity index (χ3n) is 3.26. The van der Waals surface area contributed by atoms with Gasteiger partial charge in [-0.05, 0) is 25.7 Å². The van der Waals surface area contributed by atoms with Crippen molar-refractivity contribution in [1.29, 1.82) is 0 Å². The average Bonchev–Trinajstić information content (AvgIpc) is 2.29. The molecule has 12 heavy (non-hydrogen) atoms. The van der Waals surface area contributed by atoms with E-state index in [1.165, 1.54) is 0 Å². The van der Waals surface area contributed by atoms with Crippen molar-refractivity contribution in [2.45, 2.75) is 38.2 Å². The Morgan fingerprint density at radius 2 is 1.83 bits per heavy atom. The second-order valence-corrected chi connectivity index (χ2v) is 4.19. The van der Waals surface area contributed by atoms with Crippen LogP contribution in [-0.2, 0) is 0 Å². The summed E-state index contributed by atoms with van der Waals surface area (Å²) in [6.45, 7) is 1.90. The summed E-state index contributed by atoms with van der Waals surface area (Å²) in [7, 11) is 0. The van der Waals surface area contributed by atoms with Crippen LogP contribution in [-0.4, -0.2) is 12.0 Å². The number of hydrogen-bond acceptors (Lipinski definition) is 1. The highest BCUT2D eigenvalue weighted by Crippen LogP contribution is 2.72. The van der Waals surface area contributed by atoms with Crippen LogP contribution >= 0.6 is 12.4 Å². The molecule has 0 aromatic heterocycles. The second-order valence-electron chi connectivity index (χ2n) is 4.19. The highest BCUT2D eigenvalue weighted by Gasteiger charge is 2.75. The van der Waals surface area contributed by atoms with Crippen molar-refractivity contribution in [3.63, 3.8) is 0 Å². The summed E-state index contributed by atoms with van der Waals surface area (Å²) in [5.41, 5.74) is 5.00. The maximum Gasteiger partial charge on any atom is 0.254 e. The van der Waals surface area contributed by atoms with Gasteiger partial charge in [-0.2, -0.15) is 0 Å². The Hall–Kier alpha value is 0.110. The van der Waals surface area contributed by atoms with Gasteiger partial charge in [0.15, 0.2) is 0 Å². The molecule has 0 bridgehead atoms. The molecular formula is C8H14ClF2N. The number of rotatable bonds is 1. The molecule has 1 unspecified atom stereocenters. The van der Waals surface area contributed by atoms with Gasteiger partial charge in [0, 0.05) is 17.9 Å². The van der Waals surface area contributed by atoms with Crippen LogP contribution in [0, 0.1) is 11.3 Å². The van der Waals surface area contributed by atoms with E-state index in [1.54, 1.807) is 0 Å². The molecule has 2 saturated carbocycles. The number of halogens is 3. The van der Waals surface area contributed by atoms with Crippen LogP contribution in [0.25, 0.3) is 0 Å². The fourth-order valence-electron chi connectivity index (χ4n) is 2.14. The molecule has 0 saturated heterocycles. The third-order valence-corrected chi connectivity index (χ3v) is 3.26. The largest absolute Gasteiger partial charge is 0.328 e. The van der Waals surface area contributed by atoms with E-state index < -0.39 is 11.3 Å². The summed E-state index contributed by atoms with van der Waals surface area (Å²) in [6, 6.07) is 0.0945. The van der Waals surface area contributed by atoms with Crippen LogP contribution in [0.1, 0.15) is 26.2 Å². The van der Waals surface area contributed by atoms with Gasteiger partial charge >= 0.3 is 0 Å². The normalized spacial score (nSPS) is 44.5. The standard InChI is InChI=1S/C8H13F2N.ClH/c1-5(11)6-2-7(3-6)4-8(7,9)10;/h5-6H,2-4,11H2,1H3;1H. The number of alkyl halides is 2. The lowest BCUT2D eigenvalue weighted by Gasteiger charge is -2.38. The first-order valence-corrected chi connectivity index (χ1v) is 4.10. The van der Waals surface area contributed by atoms with Crippen LogP contribution in [0.3, 0.4) is 0 Å². The molecule has 0 aliphatic heterocycles.